The van der Waals surface area contributed by atoms with Gasteiger partial charge in [0.15, 0.2) is 17.0 Å². The number of ether oxygens (including phenoxy) is 2. The summed E-state index contributed by atoms with van der Waals surface area (Å²) in [6.07, 6.45) is 49.6. The van der Waals surface area contributed by atoms with Crippen molar-refractivity contribution in [2.75, 3.05) is 41.0 Å². The fourth-order valence-electron chi connectivity index (χ4n) is 11.0. The van der Waals surface area contributed by atoms with E-state index in [0.717, 1.165) is 76.2 Å². The molecule has 6 N–H and O–H groups in total. The zero-order chi connectivity index (χ0) is 61.9. The predicted octanol–water partition coefficient (Wildman–Crippen LogP) is 18.4. The van der Waals surface area contributed by atoms with Gasteiger partial charge in [-0.15, -0.1) is 0 Å². The van der Waals surface area contributed by atoms with Gasteiger partial charge in [0.1, 0.15) is 18.8 Å². The Kier molecular flexibility index (Phi) is 45.1. The molecule has 15 nitrogen and oxygen atoms in total. The summed E-state index contributed by atoms with van der Waals surface area (Å²) >= 11 is 1.39. The molecule has 0 bridgehead atoms. The number of nitrogens with one attached hydrogen (secondary N) is 3. The number of benzene rings is 1. The van der Waals surface area contributed by atoms with E-state index in [4.69, 9.17) is 15.2 Å². The van der Waals surface area contributed by atoms with Crippen LogP contribution in [0.5, 0.6) is 6.01 Å². The predicted molar refractivity (Wildman–Crippen MR) is 360 cm³/mol. The molecule has 1 unspecified atom stereocenters. The van der Waals surface area contributed by atoms with Crippen molar-refractivity contribution < 1.29 is 33.8 Å². The van der Waals surface area contributed by atoms with Crippen LogP contribution in [0.1, 0.15) is 316 Å². The van der Waals surface area contributed by atoms with E-state index in [9.17, 15) is 24.3 Å². The van der Waals surface area contributed by atoms with E-state index < -0.39 is 12.1 Å². The molecule has 0 radical (unpaired) electrons. The fourth-order valence-corrected chi connectivity index (χ4v) is 12.0. The van der Waals surface area contributed by atoms with Crippen molar-refractivity contribution in [3.63, 3.8) is 0 Å². The summed E-state index contributed by atoms with van der Waals surface area (Å²) in [7, 11) is 0. The second-order valence-electron chi connectivity index (χ2n) is 24.5. The van der Waals surface area contributed by atoms with Crippen molar-refractivity contribution in [2.45, 2.75) is 329 Å². The number of hydrogen-bond donors (Lipinski definition) is 5. The molecule has 1 aromatic carbocycles. The standard InChI is InChI=1S/C70H122N8O7S/c1-5-9-13-16-19-22-25-28-31-34-37-40-43-46-62(79)74-61(68(82)73-59-51-49-58(50-52-59)54-78-67-65(75-70(78)83)66(71)76-69(77-67)72-53-12-8-4)57-86-56-60(85-64(81)48-45-42-39-36-33-30-27-24-21-18-15-11-7-3)55-84-63(80)47-44-41-38-35-32-29-26-23-20-17-14-10-6-2/h49-52,60-61H,5-48,53-57H2,1-4H3,(H,73,82)(H,74,79)(H,75,83)(H3,71,72,76,77)/t60?,61-/m0/s1. The second kappa shape index (κ2) is 51.3. The molecule has 2 atom stereocenters. The van der Waals surface area contributed by atoms with E-state index in [1.807, 2.05) is 12.1 Å². The summed E-state index contributed by atoms with van der Waals surface area (Å²) in [4.78, 5) is 67.4. The maximum atomic E-state index is 14.2. The monoisotopic (exact) mass is 1220 g/mol. The third-order valence-corrected chi connectivity index (χ3v) is 17.6. The van der Waals surface area contributed by atoms with E-state index in [1.165, 1.54) is 204 Å². The summed E-state index contributed by atoms with van der Waals surface area (Å²) in [6, 6.07) is 6.12. The SMILES string of the molecule is CCCCCCCCCCCCCCCC(=O)N[C@@H](CSCC(COC(=O)CCCCCCCCCCCCCCC)OC(=O)CCCCCCCCCCCCCCC)C(=O)Nc1ccc(Cn2c(O)nc3c(N)nc(NCCCC)nc32)cc1. The lowest BCUT2D eigenvalue weighted by Crippen LogP contribution is -2.45. The van der Waals surface area contributed by atoms with Crippen LogP contribution in [0.2, 0.25) is 0 Å². The van der Waals surface area contributed by atoms with Crippen molar-refractivity contribution in [1.82, 2.24) is 24.8 Å². The average Bonchev–Trinajstić information content (AvgIpc) is 2.13. The second-order valence-corrected chi connectivity index (χ2v) is 25.6. The molecule has 0 saturated heterocycles. The summed E-state index contributed by atoms with van der Waals surface area (Å²) < 4.78 is 13.4. The third kappa shape index (κ3) is 37.3. The largest absolute Gasteiger partial charge is 0.480 e. The minimum Gasteiger partial charge on any atom is -0.480 e. The number of carbonyl (C=O) groups is 4. The van der Waals surface area contributed by atoms with Gasteiger partial charge in [-0.2, -0.15) is 26.7 Å². The lowest BCUT2D eigenvalue weighted by atomic mass is 10.0. The van der Waals surface area contributed by atoms with Gasteiger partial charge in [0, 0.05) is 43.0 Å². The van der Waals surface area contributed by atoms with Gasteiger partial charge in [-0.25, -0.2) is 0 Å². The molecule has 3 aromatic rings. The first-order valence-electron chi connectivity index (χ1n) is 35.2. The van der Waals surface area contributed by atoms with Crippen LogP contribution < -0.4 is 21.7 Å². The van der Waals surface area contributed by atoms with Crippen molar-refractivity contribution in [1.29, 1.82) is 0 Å². The number of hydrogen-bond acceptors (Lipinski definition) is 13. The number of aromatic hydroxyl groups is 1. The van der Waals surface area contributed by atoms with Crippen LogP contribution in [-0.4, -0.2) is 85.2 Å². The smallest absolute Gasteiger partial charge is 0.306 e. The molecule has 2 amide bonds. The summed E-state index contributed by atoms with van der Waals surface area (Å²) in [5, 5.41) is 20.1. The number of esters is 2. The fraction of sp³-hybridized carbons (Fsp3) is 0.786. The van der Waals surface area contributed by atoms with Crippen LogP contribution in [0.4, 0.5) is 17.5 Å². The van der Waals surface area contributed by atoms with E-state index >= 15 is 0 Å². The Bertz CT molecular complexity index is 2190. The first kappa shape index (κ1) is 75.6. The van der Waals surface area contributed by atoms with E-state index in [-0.39, 0.29) is 60.2 Å². The van der Waals surface area contributed by atoms with Gasteiger partial charge < -0.3 is 36.3 Å². The van der Waals surface area contributed by atoms with E-state index in [1.54, 1.807) is 16.7 Å². The van der Waals surface area contributed by atoms with E-state index in [0.29, 0.717) is 48.6 Å². The van der Waals surface area contributed by atoms with Crippen molar-refractivity contribution in [3.8, 4) is 6.01 Å². The van der Waals surface area contributed by atoms with Gasteiger partial charge in [0.25, 0.3) is 6.01 Å². The van der Waals surface area contributed by atoms with Gasteiger partial charge in [-0.3, -0.25) is 23.7 Å². The number of carbonyl (C=O) groups excluding carboxylic acids is 4. The Labute approximate surface area is 526 Å². The van der Waals surface area contributed by atoms with Crippen LogP contribution in [0, 0.1) is 0 Å². The minimum atomic E-state index is -0.895. The van der Waals surface area contributed by atoms with Crippen LogP contribution in [0.25, 0.3) is 11.2 Å². The summed E-state index contributed by atoms with van der Waals surface area (Å²) in [6.45, 7) is 9.73. The average molecular weight is 1220 g/mol. The molecule has 0 aliphatic rings. The number of anilines is 3. The number of imidazole rings is 1. The number of nitrogen functional groups attached to an aromatic ring is 1. The Morgan fingerprint density at radius 2 is 0.965 bits per heavy atom. The Hall–Kier alpha value is -4.60. The lowest BCUT2D eigenvalue weighted by molar-refractivity contribution is -0.157. The highest BCUT2D eigenvalue weighted by Gasteiger charge is 2.24. The third-order valence-electron chi connectivity index (χ3n) is 16.4. The molecule has 3 rings (SSSR count). The van der Waals surface area contributed by atoms with Crippen LogP contribution >= 0.6 is 11.8 Å². The number of aromatic nitrogens is 4. The highest BCUT2D eigenvalue weighted by atomic mass is 32.2. The number of nitrogens with zero attached hydrogens (tertiary/aromatic N) is 4. The maximum absolute atomic E-state index is 14.2. The highest BCUT2D eigenvalue weighted by Crippen LogP contribution is 2.26. The van der Waals surface area contributed by atoms with Crippen LogP contribution in [0.15, 0.2) is 24.3 Å². The van der Waals surface area contributed by atoms with Crippen molar-refractivity contribution >= 4 is 64.1 Å². The molecule has 0 saturated carbocycles. The Morgan fingerprint density at radius 3 is 1.43 bits per heavy atom. The normalized spacial score (nSPS) is 12.1. The molecule has 2 aromatic heterocycles. The number of fused-ring (bicyclic) bond motifs is 1. The number of amides is 2. The van der Waals surface area contributed by atoms with Crippen molar-refractivity contribution in [2.24, 2.45) is 0 Å². The van der Waals surface area contributed by atoms with Gasteiger partial charge in [-0.05, 0) is 43.4 Å². The molecule has 16 heteroatoms. The lowest BCUT2D eigenvalue weighted by Gasteiger charge is -2.21. The zero-order valence-corrected chi connectivity index (χ0v) is 55.6. The summed E-state index contributed by atoms with van der Waals surface area (Å²) in [5.74, 6) is -0.146. The van der Waals surface area contributed by atoms with Gasteiger partial charge in [0.2, 0.25) is 17.8 Å². The molecule has 0 aliphatic carbocycles. The molecule has 0 spiro atoms. The first-order valence-corrected chi connectivity index (χ1v) is 36.3. The molecule has 490 valence electrons. The molecule has 2 heterocycles. The highest BCUT2D eigenvalue weighted by molar-refractivity contribution is 7.99. The number of thioether (sulfide) groups is 1. The topological polar surface area (TPSA) is 213 Å². The Balaban J connectivity index is 1.61. The van der Waals surface area contributed by atoms with Gasteiger partial charge in [0.05, 0.1) is 6.54 Å². The molecule has 86 heavy (non-hydrogen) atoms. The van der Waals surface area contributed by atoms with Crippen LogP contribution in [-0.2, 0) is 35.2 Å². The molecule has 0 fully saturated rings. The van der Waals surface area contributed by atoms with E-state index in [2.05, 4.69) is 58.6 Å². The van der Waals surface area contributed by atoms with Crippen molar-refractivity contribution in [3.05, 3.63) is 29.8 Å². The molecular weight excluding hydrogens is 1100 g/mol. The van der Waals surface area contributed by atoms with Gasteiger partial charge >= 0.3 is 11.9 Å². The number of unbranched alkanes of at least 4 members (excludes halogenated alkanes) is 37. The maximum Gasteiger partial charge on any atom is 0.306 e. The van der Waals surface area contributed by atoms with Gasteiger partial charge in [-0.1, -0.05) is 277 Å². The Morgan fingerprint density at radius 1 is 0.535 bits per heavy atom. The zero-order valence-electron chi connectivity index (χ0n) is 54.8. The minimum absolute atomic E-state index is 0.0623. The number of rotatable bonds is 58. The number of nitrogens with two attached hydrogens (primary N) is 1. The first-order chi connectivity index (χ1) is 42.1. The summed E-state index contributed by atoms with van der Waals surface area (Å²) in [5.41, 5.74) is 8.28. The van der Waals surface area contributed by atoms with Crippen LogP contribution in [0.3, 0.4) is 0 Å². The molecular formula is C70H122N8O7S. The molecule has 0 aliphatic heterocycles. The quantitative estimate of drug-likeness (QED) is 0.0263.